The van der Waals surface area contributed by atoms with E-state index in [4.69, 9.17) is 9.47 Å². The van der Waals surface area contributed by atoms with Crippen LogP contribution in [0, 0.1) is 0 Å². The zero-order chi connectivity index (χ0) is 37.5. The van der Waals surface area contributed by atoms with Crippen LogP contribution in [0.2, 0.25) is 0 Å². The lowest BCUT2D eigenvalue weighted by Gasteiger charge is -2.28. The van der Waals surface area contributed by atoms with Crippen LogP contribution in [-0.2, 0) is 0 Å². The van der Waals surface area contributed by atoms with E-state index in [9.17, 15) is 0 Å². The highest BCUT2D eigenvalue weighted by atomic mass is 31.1. The molecule has 0 amide bonds. The molecule has 1 heterocycles. The van der Waals surface area contributed by atoms with E-state index in [-0.39, 0.29) is 0 Å². The Morgan fingerprint density at radius 2 is 0.643 bits per heavy atom. The van der Waals surface area contributed by atoms with Crippen LogP contribution in [0.5, 0.6) is 11.5 Å². The average molecular weight is 765 g/mol. The summed E-state index contributed by atoms with van der Waals surface area (Å²) in [6, 6.07) is 67.5. The molecule has 0 atom stereocenters. The largest absolute Gasteiger partial charge is 0.494 e. The lowest BCUT2D eigenvalue weighted by Crippen LogP contribution is -2.26. The molecule has 4 heteroatoms. The van der Waals surface area contributed by atoms with E-state index in [1.807, 2.05) is 0 Å². The Bertz CT molecular complexity index is 2280. The van der Waals surface area contributed by atoms with Gasteiger partial charge in [0.15, 0.2) is 0 Å². The summed E-state index contributed by atoms with van der Waals surface area (Å²) in [6.07, 6.45) is 6.93. The van der Waals surface area contributed by atoms with Crippen molar-refractivity contribution in [3.8, 4) is 22.6 Å². The topological polar surface area (TPSA) is 18.5 Å². The number of rotatable bonds is 6. The molecule has 0 aromatic heterocycles. The summed E-state index contributed by atoms with van der Waals surface area (Å²) in [4.78, 5) is 0. The lowest BCUT2D eigenvalue weighted by molar-refractivity contribution is 0.297. The summed E-state index contributed by atoms with van der Waals surface area (Å²) < 4.78 is 13.2. The Kier molecular flexibility index (Phi) is 11.2. The zero-order valence-electron chi connectivity index (χ0n) is 31.7. The smallest absolute Gasteiger partial charge is 0.119 e. The molecule has 0 N–H and O–H groups in total. The van der Waals surface area contributed by atoms with Gasteiger partial charge in [-0.15, -0.1) is 0 Å². The zero-order valence-corrected chi connectivity index (χ0v) is 33.5. The Morgan fingerprint density at radius 1 is 0.321 bits per heavy atom. The molecule has 1 aliphatic rings. The van der Waals surface area contributed by atoms with Crippen molar-refractivity contribution in [1.82, 2.24) is 0 Å². The van der Waals surface area contributed by atoms with Gasteiger partial charge in [0.05, 0.1) is 13.2 Å². The van der Waals surface area contributed by atoms with E-state index < -0.39 is 15.8 Å². The van der Waals surface area contributed by atoms with Crippen LogP contribution in [0.4, 0.5) is 0 Å². The van der Waals surface area contributed by atoms with Gasteiger partial charge in [0.2, 0.25) is 0 Å². The van der Waals surface area contributed by atoms with Crippen LogP contribution >= 0.6 is 15.8 Å². The normalized spacial score (nSPS) is 13.8. The van der Waals surface area contributed by atoms with Gasteiger partial charge in [0, 0.05) is 0 Å². The van der Waals surface area contributed by atoms with Crippen molar-refractivity contribution in [2.24, 2.45) is 0 Å². The van der Waals surface area contributed by atoms with Crippen LogP contribution in [0.1, 0.15) is 38.5 Å². The van der Waals surface area contributed by atoms with E-state index in [1.54, 1.807) is 0 Å². The van der Waals surface area contributed by atoms with Crippen molar-refractivity contribution in [3.63, 3.8) is 0 Å². The van der Waals surface area contributed by atoms with Gasteiger partial charge in [-0.2, -0.15) is 0 Å². The van der Waals surface area contributed by atoms with Gasteiger partial charge in [-0.1, -0.05) is 183 Å². The second-order valence-corrected chi connectivity index (χ2v) is 18.9. The van der Waals surface area contributed by atoms with E-state index >= 15 is 0 Å². The average Bonchev–Trinajstić information content (AvgIpc) is 3.26. The van der Waals surface area contributed by atoms with E-state index in [0.29, 0.717) is 0 Å². The second-order valence-electron chi connectivity index (χ2n) is 14.5. The van der Waals surface area contributed by atoms with Crippen molar-refractivity contribution in [2.75, 3.05) is 13.2 Å². The Hall–Kier alpha value is -5.26. The van der Waals surface area contributed by atoms with Crippen LogP contribution < -0.4 is 41.3 Å². The first-order valence-corrected chi connectivity index (χ1v) is 22.7. The highest BCUT2D eigenvalue weighted by molar-refractivity contribution is 7.80. The molecule has 56 heavy (non-hydrogen) atoms. The van der Waals surface area contributed by atoms with E-state index in [1.165, 1.54) is 90.2 Å². The summed E-state index contributed by atoms with van der Waals surface area (Å²) in [5, 5.41) is 12.9. The first-order chi connectivity index (χ1) is 27.8. The molecule has 0 saturated heterocycles. The molecule has 4 bridgehead atoms. The predicted molar refractivity (Wildman–Crippen MR) is 243 cm³/mol. The fraction of sp³-hybridized carbons (Fsp3) is 0.154. The number of benzene rings is 8. The lowest BCUT2D eigenvalue weighted by atomic mass is 9.93. The minimum absolute atomic E-state index is 0.723. The number of hydrogen-bond acceptors (Lipinski definition) is 2. The van der Waals surface area contributed by atoms with Gasteiger partial charge in [-0.3, -0.25) is 0 Å². The van der Waals surface area contributed by atoms with Gasteiger partial charge >= 0.3 is 0 Å². The van der Waals surface area contributed by atoms with Crippen LogP contribution in [0.3, 0.4) is 0 Å². The molecular weight excluding hydrogens is 719 g/mol. The third-order valence-corrected chi connectivity index (χ3v) is 15.8. The molecule has 0 spiro atoms. The molecule has 276 valence electrons. The molecule has 0 radical (unpaired) electrons. The SMILES string of the molecule is c1ccc(P(c2ccccc2)c2ccc3ccc4cc3c2-c2c(P(c3ccccc3)c3ccccc3)ccc3ccc(cc23)OCCCCCCCCO4)cc1. The monoisotopic (exact) mass is 764 g/mol. The molecule has 0 fully saturated rings. The Labute approximate surface area is 333 Å². The first kappa shape index (κ1) is 36.4. The van der Waals surface area contributed by atoms with Gasteiger partial charge in [0.25, 0.3) is 0 Å². The molecule has 0 aliphatic carbocycles. The molecule has 8 aromatic rings. The predicted octanol–water partition coefficient (Wildman–Crippen LogP) is 11.3. The minimum Gasteiger partial charge on any atom is -0.494 e. The number of fused-ring (bicyclic) bond motifs is 3. The molecule has 0 unspecified atom stereocenters. The van der Waals surface area contributed by atoms with Crippen molar-refractivity contribution in [1.29, 1.82) is 0 Å². The van der Waals surface area contributed by atoms with Gasteiger partial charge < -0.3 is 9.47 Å². The van der Waals surface area contributed by atoms with Crippen LogP contribution in [-0.4, -0.2) is 13.2 Å². The summed E-state index contributed by atoms with van der Waals surface area (Å²) in [7, 11) is -1.92. The van der Waals surface area contributed by atoms with E-state index in [2.05, 4.69) is 182 Å². The Morgan fingerprint density at radius 3 is 1.00 bits per heavy atom. The summed E-state index contributed by atoms with van der Waals surface area (Å²) in [6.45, 7) is 1.45. The maximum atomic E-state index is 6.60. The molecule has 8 aromatic carbocycles. The van der Waals surface area contributed by atoms with Crippen LogP contribution in [0.25, 0.3) is 32.7 Å². The van der Waals surface area contributed by atoms with Gasteiger partial charge in [-0.25, -0.2) is 0 Å². The second kappa shape index (κ2) is 17.3. The third kappa shape index (κ3) is 7.75. The first-order valence-electron chi connectivity index (χ1n) is 20.0. The summed E-state index contributed by atoms with van der Waals surface area (Å²) >= 11 is 0. The van der Waals surface area contributed by atoms with Crippen molar-refractivity contribution in [3.05, 3.63) is 182 Å². The fourth-order valence-electron chi connectivity index (χ4n) is 8.11. The molecule has 1 aliphatic heterocycles. The summed E-state index contributed by atoms with van der Waals surface area (Å²) in [5.41, 5.74) is 2.56. The van der Waals surface area contributed by atoms with Gasteiger partial charge in [-0.05, 0) is 117 Å². The number of hydrogen-bond donors (Lipinski definition) is 0. The van der Waals surface area contributed by atoms with Crippen LogP contribution in [0.15, 0.2) is 182 Å². The highest BCUT2D eigenvalue weighted by Gasteiger charge is 2.28. The van der Waals surface area contributed by atoms with E-state index in [0.717, 1.165) is 37.6 Å². The highest BCUT2D eigenvalue weighted by Crippen LogP contribution is 2.46. The number of ether oxygens (including phenoxy) is 2. The summed E-state index contributed by atoms with van der Waals surface area (Å²) in [5.74, 6) is 1.86. The molecule has 9 rings (SSSR count). The minimum atomic E-state index is -0.959. The third-order valence-electron chi connectivity index (χ3n) is 10.8. The van der Waals surface area contributed by atoms with Crippen molar-refractivity contribution >= 4 is 69.2 Å². The maximum Gasteiger partial charge on any atom is 0.119 e. The quantitative estimate of drug-likeness (QED) is 0.157. The fourth-order valence-corrected chi connectivity index (χ4v) is 13.1. The molecule has 0 saturated carbocycles. The van der Waals surface area contributed by atoms with Crippen molar-refractivity contribution in [2.45, 2.75) is 38.5 Å². The molecular formula is C52H46O2P2. The standard InChI is InChI=1S/C52H46O2P2/c1-2-4-18-36-54-42-32-28-40-30-34-50(56(45-23-13-7-14-24-45)46-25-15-8-16-26-46)52(48(40)38-42)51-47-37-41(53-35-17-3-1)31-27-39(47)29-33-49(51)55(43-19-9-5-10-20-43)44-21-11-6-12-22-44/h5-16,19-34,37-38H,1-4,17-18,35-36H2. The van der Waals surface area contributed by atoms with Gasteiger partial charge in [0.1, 0.15) is 11.5 Å². The van der Waals surface area contributed by atoms with Crippen molar-refractivity contribution < 1.29 is 9.47 Å². The molecule has 2 nitrogen and oxygen atoms in total. The Balaban J connectivity index is 1.42. The maximum absolute atomic E-state index is 6.60.